The number of hydrogen-bond donors (Lipinski definition) is 1. The van der Waals surface area contributed by atoms with E-state index in [4.69, 9.17) is 5.10 Å². The summed E-state index contributed by atoms with van der Waals surface area (Å²) in [5.74, 6) is 0. The van der Waals surface area contributed by atoms with Crippen molar-refractivity contribution in [2.24, 2.45) is 0 Å². The van der Waals surface area contributed by atoms with Crippen molar-refractivity contribution in [3.05, 3.63) is 18.0 Å². The molecule has 0 aliphatic carbocycles. The maximum Gasteiger partial charge on any atom is 0.0640 e. The van der Waals surface area contributed by atoms with Gasteiger partial charge in [-0.3, -0.25) is 4.68 Å². The van der Waals surface area contributed by atoms with Gasteiger partial charge in [0.2, 0.25) is 0 Å². The predicted octanol–water partition coefficient (Wildman–Crippen LogP) is 2.72. The van der Waals surface area contributed by atoms with E-state index in [2.05, 4.69) is 62.0 Å². The molecule has 1 heterocycles. The first kappa shape index (κ1) is 17.2. The standard InChI is InChI=1S/C16H32N4/c1-6-16(7-2)20-12-10-15(18-20)13-14(17-8-3)9-11-19(4)5/h10,12,14,16-17H,6-9,11,13H2,1-5H3. The lowest BCUT2D eigenvalue weighted by Gasteiger charge is -2.19. The third kappa shape index (κ3) is 5.63. The van der Waals surface area contributed by atoms with E-state index in [-0.39, 0.29) is 0 Å². The second kappa shape index (κ2) is 9.14. The molecule has 1 atom stereocenters. The van der Waals surface area contributed by atoms with Crippen molar-refractivity contribution in [2.45, 2.75) is 58.5 Å². The number of aromatic nitrogens is 2. The molecule has 0 fully saturated rings. The third-order valence-electron chi connectivity index (χ3n) is 3.85. The zero-order chi connectivity index (χ0) is 15.0. The van der Waals surface area contributed by atoms with Crippen LogP contribution in [0, 0.1) is 0 Å². The Kier molecular flexibility index (Phi) is 7.85. The topological polar surface area (TPSA) is 33.1 Å². The largest absolute Gasteiger partial charge is 0.314 e. The van der Waals surface area contributed by atoms with Crippen molar-refractivity contribution < 1.29 is 0 Å². The Balaban J connectivity index is 2.59. The molecule has 1 rings (SSSR count). The molecule has 0 spiro atoms. The molecule has 1 N–H and O–H groups in total. The van der Waals surface area contributed by atoms with Crippen LogP contribution in [0.3, 0.4) is 0 Å². The normalized spacial score (nSPS) is 13.3. The van der Waals surface area contributed by atoms with Gasteiger partial charge in [-0.2, -0.15) is 5.10 Å². The van der Waals surface area contributed by atoms with Gasteiger partial charge >= 0.3 is 0 Å². The van der Waals surface area contributed by atoms with Gasteiger partial charge < -0.3 is 10.2 Å². The molecule has 0 amide bonds. The number of likely N-dealkylation sites (N-methyl/N-ethyl adjacent to an activating group) is 1. The van der Waals surface area contributed by atoms with E-state index in [1.165, 1.54) is 12.1 Å². The number of rotatable bonds is 10. The smallest absolute Gasteiger partial charge is 0.0640 e. The van der Waals surface area contributed by atoms with Crippen LogP contribution in [0.2, 0.25) is 0 Å². The van der Waals surface area contributed by atoms with Crippen LogP contribution in [0.5, 0.6) is 0 Å². The molecular formula is C16H32N4. The van der Waals surface area contributed by atoms with Crippen LogP contribution < -0.4 is 5.32 Å². The average molecular weight is 280 g/mol. The lowest BCUT2D eigenvalue weighted by Crippen LogP contribution is -2.34. The molecule has 0 aliphatic heterocycles. The molecule has 20 heavy (non-hydrogen) atoms. The van der Waals surface area contributed by atoms with Crippen LogP contribution in [0.4, 0.5) is 0 Å². The van der Waals surface area contributed by atoms with Gasteiger partial charge in [-0.05, 0) is 52.5 Å². The first-order valence-corrected chi connectivity index (χ1v) is 8.02. The predicted molar refractivity (Wildman–Crippen MR) is 86.2 cm³/mol. The van der Waals surface area contributed by atoms with Gasteiger partial charge in [-0.25, -0.2) is 0 Å². The van der Waals surface area contributed by atoms with Gasteiger partial charge in [-0.15, -0.1) is 0 Å². The Hall–Kier alpha value is -0.870. The van der Waals surface area contributed by atoms with Crippen molar-refractivity contribution in [1.82, 2.24) is 20.0 Å². The summed E-state index contributed by atoms with van der Waals surface area (Å²) in [6, 6.07) is 3.24. The van der Waals surface area contributed by atoms with Crippen LogP contribution in [-0.4, -0.2) is 47.9 Å². The summed E-state index contributed by atoms with van der Waals surface area (Å²) in [5, 5.41) is 8.34. The first-order chi connectivity index (χ1) is 9.60. The molecule has 0 aromatic carbocycles. The first-order valence-electron chi connectivity index (χ1n) is 8.02. The van der Waals surface area contributed by atoms with Crippen molar-refractivity contribution in [2.75, 3.05) is 27.2 Å². The van der Waals surface area contributed by atoms with Crippen LogP contribution in [0.1, 0.15) is 51.8 Å². The Morgan fingerprint density at radius 1 is 1.25 bits per heavy atom. The Labute approximate surface area is 124 Å². The number of nitrogens with one attached hydrogen (secondary N) is 1. The molecule has 0 saturated heterocycles. The van der Waals surface area contributed by atoms with Crippen LogP contribution in [-0.2, 0) is 6.42 Å². The van der Waals surface area contributed by atoms with Gasteiger partial charge in [0.15, 0.2) is 0 Å². The second-order valence-electron chi connectivity index (χ2n) is 5.81. The number of nitrogens with zero attached hydrogens (tertiary/aromatic N) is 3. The van der Waals surface area contributed by atoms with Crippen molar-refractivity contribution in [3.8, 4) is 0 Å². The highest BCUT2D eigenvalue weighted by molar-refractivity contribution is 5.02. The minimum Gasteiger partial charge on any atom is -0.314 e. The van der Waals surface area contributed by atoms with E-state index < -0.39 is 0 Å². The average Bonchev–Trinajstić information content (AvgIpc) is 2.86. The van der Waals surface area contributed by atoms with E-state index in [1.807, 2.05) is 0 Å². The van der Waals surface area contributed by atoms with Crippen molar-refractivity contribution in [1.29, 1.82) is 0 Å². The molecule has 1 unspecified atom stereocenters. The van der Waals surface area contributed by atoms with Crippen molar-refractivity contribution in [3.63, 3.8) is 0 Å². The monoisotopic (exact) mass is 280 g/mol. The molecule has 4 nitrogen and oxygen atoms in total. The van der Waals surface area contributed by atoms with E-state index in [0.717, 1.165) is 32.4 Å². The van der Waals surface area contributed by atoms with Crippen molar-refractivity contribution >= 4 is 0 Å². The molecule has 1 aromatic heterocycles. The lowest BCUT2D eigenvalue weighted by molar-refractivity contribution is 0.356. The Morgan fingerprint density at radius 2 is 1.95 bits per heavy atom. The number of hydrogen-bond acceptors (Lipinski definition) is 3. The summed E-state index contributed by atoms with van der Waals surface area (Å²) in [6.07, 6.45) is 6.62. The van der Waals surface area contributed by atoms with Gasteiger partial charge in [-0.1, -0.05) is 20.8 Å². The molecular weight excluding hydrogens is 248 g/mol. The quantitative estimate of drug-likeness (QED) is 0.715. The molecule has 4 heteroatoms. The highest BCUT2D eigenvalue weighted by atomic mass is 15.3. The summed E-state index contributed by atoms with van der Waals surface area (Å²) in [5.41, 5.74) is 1.21. The van der Waals surface area contributed by atoms with E-state index >= 15 is 0 Å². The maximum atomic E-state index is 4.76. The van der Waals surface area contributed by atoms with Gasteiger partial charge in [0.05, 0.1) is 11.7 Å². The fraction of sp³-hybridized carbons (Fsp3) is 0.812. The highest BCUT2D eigenvalue weighted by Gasteiger charge is 2.13. The van der Waals surface area contributed by atoms with Crippen LogP contribution >= 0.6 is 0 Å². The van der Waals surface area contributed by atoms with Gasteiger partial charge in [0.25, 0.3) is 0 Å². The lowest BCUT2D eigenvalue weighted by atomic mass is 10.1. The Bertz CT molecular complexity index is 355. The molecule has 0 bridgehead atoms. The molecule has 116 valence electrons. The fourth-order valence-electron chi connectivity index (χ4n) is 2.58. The SMILES string of the molecule is CCNC(CCN(C)C)Cc1ccn(C(CC)CC)n1. The van der Waals surface area contributed by atoms with Gasteiger partial charge in [0, 0.05) is 18.7 Å². The highest BCUT2D eigenvalue weighted by Crippen LogP contribution is 2.15. The van der Waals surface area contributed by atoms with Crippen LogP contribution in [0.15, 0.2) is 12.3 Å². The second-order valence-corrected chi connectivity index (χ2v) is 5.81. The molecule has 1 aromatic rings. The summed E-state index contributed by atoms with van der Waals surface area (Å²) in [7, 11) is 4.26. The van der Waals surface area contributed by atoms with Crippen LogP contribution in [0.25, 0.3) is 0 Å². The zero-order valence-electron chi connectivity index (χ0n) is 13.9. The Morgan fingerprint density at radius 3 is 2.50 bits per heavy atom. The summed E-state index contributed by atoms with van der Waals surface area (Å²) < 4.78 is 2.14. The zero-order valence-corrected chi connectivity index (χ0v) is 13.9. The summed E-state index contributed by atoms with van der Waals surface area (Å²) >= 11 is 0. The third-order valence-corrected chi connectivity index (χ3v) is 3.85. The minimum atomic E-state index is 0.521. The molecule has 0 radical (unpaired) electrons. The van der Waals surface area contributed by atoms with E-state index in [9.17, 15) is 0 Å². The molecule has 0 saturated carbocycles. The maximum absolute atomic E-state index is 4.76. The van der Waals surface area contributed by atoms with E-state index in [1.54, 1.807) is 0 Å². The van der Waals surface area contributed by atoms with Gasteiger partial charge in [0.1, 0.15) is 0 Å². The minimum absolute atomic E-state index is 0.521. The summed E-state index contributed by atoms with van der Waals surface area (Å²) in [6.45, 7) is 8.77. The van der Waals surface area contributed by atoms with E-state index in [0.29, 0.717) is 12.1 Å². The molecule has 0 aliphatic rings. The summed E-state index contributed by atoms with van der Waals surface area (Å²) in [4.78, 5) is 2.24. The fourth-order valence-corrected chi connectivity index (χ4v) is 2.58.